The van der Waals surface area contributed by atoms with Crippen LogP contribution in [0.3, 0.4) is 0 Å². The van der Waals surface area contributed by atoms with E-state index in [9.17, 15) is 14.7 Å². The first-order chi connectivity index (χ1) is 17.7. The average Bonchev–Trinajstić information content (AvgIpc) is 3.30. The number of amides is 1. The lowest BCUT2D eigenvalue weighted by atomic mass is 9.71. The number of hydrogen-bond donors (Lipinski definition) is 3. The van der Waals surface area contributed by atoms with Crippen molar-refractivity contribution in [3.05, 3.63) is 86.8 Å². The van der Waals surface area contributed by atoms with Gasteiger partial charge in [-0.05, 0) is 77.5 Å². The molecule has 0 spiro atoms. The van der Waals surface area contributed by atoms with E-state index in [-0.39, 0.29) is 29.5 Å². The van der Waals surface area contributed by atoms with Crippen LogP contribution in [0.25, 0.3) is 21.3 Å². The van der Waals surface area contributed by atoms with Crippen molar-refractivity contribution < 1.29 is 9.90 Å². The molecule has 192 valence electrons. The number of benzene rings is 1. The van der Waals surface area contributed by atoms with E-state index in [2.05, 4.69) is 37.1 Å². The topological polar surface area (TPSA) is 95.1 Å². The van der Waals surface area contributed by atoms with Gasteiger partial charge < -0.3 is 15.4 Å². The molecule has 0 fully saturated rings. The molecule has 0 saturated heterocycles. The molecular weight excluding hydrogens is 482 g/mol. The molecule has 3 N–H and O–H groups in total. The van der Waals surface area contributed by atoms with E-state index in [1.807, 2.05) is 30.3 Å². The molecule has 5 rings (SSSR count). The number of aliphatic hydroxyl groups excluding tert-OH is 1. The number of carbonyl (C=O) groups is 1. The van der Waals surface area contributed by atoms with Gasteiger partial charge in [-0.15, -0.1) is 11.3 Å². The standard InChI is InChI=1S/C30H33N3O3S/c1-30(2,3)23-9-10-24-21(15-23)14-22-16-26(37-29(22)33-24)28(36)32-25(12-13-34)19-6-4-18(5-7-19)20-8-11-27(35)31-17-20/h4-8,11,14,16-17,23,25,34H,9-10,12-13,15H2,1-3H3,(H,31,35)(H,32,36)/t23-,25+/m0/s1. The molecule has 3 aromatic heterocycles. The molecule has 2 atom stereocenters. The van der Waals surface area contributed by atoms with E-state index in [1.54, 1.807) is 12.3 Å². The highest BCUT2D eigenvalue weighted by Gasteiger charge is 2.30. The lowest BCUT2D eigenvalue weighted by molar-refractivity contribution is 0.0934. The van der Waals surface area contributed by atoms with Gasteiger partial charge in [0.25, 0.3) is 5.91 Å². The first-order valence-corrected chi connectivity index (χ1v) is 13.7. The van der Waals surface area contributed by atoms with Crippen LogP contribution < -0.4 is 10.9 Å². The lowest BCUT2D eigenvalue weighted by Gasteiger charge is -2.34. The van der Waals surface area contributed by atoms with Crippen LogP contribution >= 0.6 is 11.3 Å². The van der Waals surface area contributed by atoms with Crippen molar-refractivity contribution in [3.8, 4) is 11.1 Å². The van der Waals surface area contributed by atoms with Gasteiger partial charge in [0.1, 0.15) is 4.83 Å². The number of rotatable bonds is 6. The zero-order chi connectivity index (χ0) is 26.2. The monoisotopic (exact) mass is 515 g/mol. The SMILES string of the molecule is CC(C)(C)[C@H]1CCc2nc3sc(C(=O)N[C@H](CCO)c4ccc(-c5ccc(=O)[nH]c5)cc4)cc3cc2C1. The fourth-order valence-electron chi connectivity index (χ4n) is 5.15. The Labute approximate surface area is 220 Å². The molecular formula is C30H33N3O3S. The predicted molar refractivity (Wildman–Crippen MR) is 149 cm³/mol. The highest BCUT2D eigenvalue weighted by atomic mass is 32.1. The fraction of sp³-hybridized carbons (Fsp3) is 0.367. The molecule has 4 aromatic rings. The maximum Gasteiger partial charge on any atom is 0.261 e. The number of aliphatic hydroxyl groups is 1. The molecule has 1 amide bonds. The van der Waals surface area contributed by atoms with Crippen molar-refractivity contribution in [2.24, 2.45) is 11.3 Å². The summed E-state index contributed by atoms with van der Waals surface area (Å²) in [5.74, 6) is 0.479. The molecule has 6 nitrogen and oxygen atoms in total. The average molecular weight is 516 g/mol. The van der Waals surface area contributed by atoms with Crippen LogP contribution in [0.1, 0.15) is 66.1 Å². The van der Waals surface area contributed by atoms with Crippen molar-refractivity contribution in [1.82, 2.24) is 15.3 Å². The molecule has 37 heavy (non-hydrogen) atoms. The van der Waals surface area contributed by atoms with E-state index < -0.39 is 0 Å². The predicted octanol–water partition coefficient (Wildman–Crippen LogP) is 5.66. The van der Waals surface area contributed by atoms with Crippen LogP contribution in [0.4, 0.5) is 0 Å². The summed E-state index contributed by atoms with van der Waals surface area (Å²) in [5, 5.41) is 13.8. The van der Waals surface area contributed by atoms with Gasteiger partial charge >= 0.3 is 0 Å². The molecule has 7 heteroatoms. The summed E-state index contributed by atoms with van der Waals surface area (Å²) in [6.45, 7) is 6.88. The third kappa shape index (κ3) is 5.53. The Morgan fingerprint density at radius 1 is 1.16 bits per heavy atom. The highest BCUT2D eigenvalue weighted by molar-refractivity contribution is 7.20. The summed E-state index contributed by atoms with van der Waals surface area (Å²) in [6.07, 6.45) is 5.26. The molecule has 0 bridgehead atoms. The third-order valence-corrected chi connectivity index (χ3v) is 8.52. The van der Waals surface area contributed by atoms with Crippen LogP contribution in [0.2, 0.25) is 0 Å². The number of H-pyrrole nitrogens is 1. The minimum Gasteiger partial charge on any atom is -0.396 e. The third-order valence-electron chi connectivity index (χ3n) is 7.48. The number of nitrogens with one attached hydrogen (secondary N) is 2. The first-order valence-electron chi connectivity index (χ1n) is 12.8. The minimum atomic E-state index is -0.318. The second-order valence-electron chi connectivity index (χ2n) is 11.0. The molecule has 0 saturated carbocycles. The first kappa shape index (κ1) is 25.4. The molecule has 0 unspecified atom stereocenters. The van der Waals surface area contributed by atoms with Crippen LogP contribution in [-0.2, 0) is 12.8 Å². The number of pyridine rings is 2. The van der Waals surface area contributed by atoms with Gasteiger partial charge in [0, 0.05) is 30.0 Å². The summed E-state index contributed by atoms with van der Waals surface area (Å²) in [6, 6.07) is 14.9. The van der Waals surface area contributed by atoms with Crippen LogP contribution in [-0.4, -0.2) is 27.6 Å². The molecule has 3 heterocycles. The Kier molecular flexibility index (Phi) is 7.01. The summed E-state index contributed by atoms with van der Waals surface area (Å²) < 4.78 is 0. The number of nitrogens with zero attached hydrogens (tertiary/aromatic N) is 1. The normalized spacial score (nSPS) is 16.4. The zero-order valence-electron chi connectivity index (χ0n) is 21.5. The van der Waals surface area contributed by atoms with Gasteiger partial charge in [0.05, 0.1) is 10.9 Å². The van der Waals surface area contributed by atoms with Gasteiger partial charge in [-0.2, -0.15) is 0 Å². The Morgan fingerprint density at radius 3 is 2.59 bits per heavy atom. The summed E-state index contributed by atoms with van der Waals surface area (Å²) in [5.41, 5.74) is 5.39. The fourth-order valence-corrected chi connectivity index (χ4v) is 6.09. The zero-order valence-corrected chi connectivity index (χ0v) is 22.3. The number of aryl methyl sites for hydroxylation is 1. The van der Waals surface area contributed by atoms with Crippen molar-refractivity contribution in [3.63, 3.8) is 0 Å². The number of fused-ring (bicyclic) bond motifs is 2. The second kappa shape index (κ2) is 10.2. The maximum atomic E-state index is 13.3. The van der Waals surface area contributed by atoms with Crippen LogP contribution in [0.15, 0.2) is 59.5 Å². The van der Waals surface area contributed by atoms with Crippen molar-refractivity contribution in [2.45, 2.75) is 52.5 Å². The largest absolute Gasteiger partial charge is 0.396 e. The number of thiophene rings is 1. The van der Waals surface area contributed by atoms with Gasteiger partial charge in [-0.25, -0.2) is 4.98 Å². The smallest absolute Gasteiger partial charge is 0.261 e. The van der Waals surface area contributed by atoms with E-state index in [4.69, 9.17) is 4.98 Å². The minimum absolute atomic E-state index is 0.0394. The quantitative estimate of drug-likeness (QED) is 0.309. The molecule has 1 aromatic carbocycles. The molecule has 0 aliphatic heterocycles. The Bertz CT molecular complexity index is 1460. The van der Waals surface area contributed by atoms with Gasteiger partial charge in [-0.3, -0.25) is 9.59 Å². The van der Waals surface area contributed by atoms with E-state index in [0.29, 0.717) is 17.2 Å². The van der Waals surface area contributed by atoms with Gasteiger partial charge in [-0.1, -0.05) is 45.0 Å². The Balaban J connectivity index is 1.34. The number of hydrogen-bond acceptors (Lipinski definition) is 5. The summed E-state index contributed by atoms with van der Waals surface area (Å²) in [4.78, 5) is 33.7. The van der Waals surface area contributed by atoms with Crippen LogP contribution in [0, 0.1) is 11.3 Å². The van der Waals surface area contributed by atoms with Gasteiger partial charge in [0.15, 0.2) is 0 Å². The van der Waals surface area contributed by atoms with E-state index in [0.717, 1.165) is 46.2 Å². The van der Waals surface area contributed by atoms with Crippen molar-refractivity contribution in [2.75, 3.05) is 6.61 Å². The molecule has 1 aliphatic carbocycles. The second-order valence-corrected chi connectivity index (χ2v) is 12.0. The summed E-state index contributed by atoms with van der Waals surface area (Å²) >= 11 is 1.43. The summed E-state index contributed by atoms with van der Waals surface area (Å²) in [7, 11) is 0. The number of aromatic amines is 1. The van der Waals surface area contributed by atoms with Crippen molar-refractivity contribution in [1.29, 1.82) is 0 Å². The Morgan fingerprint density at radius 2 is 1.92 bits per heavy atom. The molecule has 1 aliphatic rings. The lowest BCUT2D eigenvalue weighted by Crippen LogP contribution is -2.28. The van der Waals surface area contributed by atoms with Crippen molar-refractivity contribution >= 4 is 27.5 Å². The van der Waals surface area contributed by atoms with E-state index in [1.165, 1.54) is 28.7 Å². The maximum absolute atomic E-state index is 13.3. The number of aromatic nitrogens is 2. The Hall–Kier alpha value is -3.29. The number of carbonyl (C=O) groups excluding carboxylic acids is 1. The van der Waals surface area contributed by atoms with E-state index >= 15 is 0 Å². The van der Waals surface area contributed by atoms with Crippen LogP contribution in [0.5, 0.6) is 0 Å². The highest BCUT2D eigenvalue weighted by Crippen LogP contribution is 2.38. The van der Waals surface area contributed by atoms with Gasteiger partial charge in [0.2, 0.25) is 5.56 Å². The molecule has 0 radical (unpaired) electrons.